The van der Waals surface area contributed by atoms with Gasteiger partial charge in [-0.3, -0.25) is 4.79 Å². The van der Waals surface area contributed by atoms with Gasteiger partial charge in [0.25, 0.3) is 0 Å². The van der Waals surface area contributed by atoms with Crippen molar-refractivity contribution in [2.75, 3.05) is 0 Å². The van der Waals surface area contributed by atoms with E-state index in [0.29, 0.717) is 10.3 Å². The summed E-state index contributed by atoms with van der Waals surface area (Å²) in [4.78, 5) is 20.5. The Morgan fingerprint density at radius 1 is 1.53 bits per heavy atom. The van der Waals surface area contributed by atoms with E-state index in [2.05, 4.69) is 48.5 Å². The van der Waals surface area contributed by atoms with E-state index in [1.54, 1.807) is 10.8 Å². The van der Waals surface area contributed by atoms with Crippen molar-refractivity contribution in [2.45, 2.75) is 32.9 Å². The molecule has 2 aromatic heterocycles. The van der Waals surface area contributed by atoms with Crippen LogP contribution in [0.15, 0.2) is 17.0 Å². The first kappa shape index (κ1) is 14.7. The summed E-state index contributed by atoms with van der Waals surface area (Å²) in [6.45, 7) is 5.67. The number of hydrogen-bond acceptors (Lipinski definition) is 4. The predicted molar refractivity (Wildman–Crippen MR) is 83.8 cm³/mol. The third-order valence-corrected chi connectivity index (χ3v) is 3.38. The summed E-state index contributed by atoms with van der Waals surface area (Å²) in [5.74, 6) is -0.287. The zero-order chi connectivity index (χ0) is 14.2. The zero-order valence-corrected chi connectivity index (χ0v) is 14.5. The molecule has 0 atom stereocenters. The second-order valence-electron chi connectivity index (χ2n) is 5.06. The van der Waals surface area contributed by atoms with Crippen LogP contribution < -0.4 is 0 Å². The van der Waals surface area contributed by atoms with E-state index in [4.69, 9.17) is 4.74 Å². The van der Waals surface area contributed by atoms with Gasteiger partial charge in [0.1, 0.15) is 22.3 Å². The highest BCUT2D eigenvalue weighted by molar-refractivity contribution is 14.1. The molecule has 0 spiro atoms. The summed E-state index contributed by atoms with van der Waals surface area (Å²) in [6, 6.07) is 0. The molecule has 0 aliphatic rings. The Kier molecular flexibility index (Phi) is 4.14. The molecule has 7 heteroatoms. The van der Waals surface area contributed by atoms with E-state index < -0.39 is 5.60 Å². The van der Waals surface area contributed by atoms with Crippen LogP contribution in [0.4, 0.5) is 0 Å². The van der Waals surface area contributed by atoms with Crippen molar-refractivity contribution in [3.05, 3.63) is 20.6 Å². The first-order valence-corrected chi connectivity index (χ1v) is 7.52. The van der Waals surface area contributed by atoms with Crippen LogP contribution in [-0.4, -0.2) is 26.1 Å². The van der Waals surface area contributed by atoms with E-state index in [9.17, 15) is 4.79 Å². The van der Waals surface area contributed by atoms with Gasteiger partial charge in [0.05, 0.1) is 9.77 Å². The lowest BCUT2D eigenvalue weighted by Gasteiger charge is -2.19. The lowest BCUT2D eigenvalue weighted by Crippen LogP contribution is -2.26. The summed E-state index contributed by atoms with van der Waals surface area (Å²) < 4.78 is 8.68. The van der Waals surface area contributed by atoms with E-state index in [1.807, 2.05) is 27.0 Å². The maximum absolute atomic E-state index is 11.8. The summed E-state index contributed by atoms with van der Waals surface area (Å²) in [7, 11) is 0. The molecule has 0 saturated carbocycles. The second-order valence-corrected chi connectivity index (χ2v) is 7.03. The van der Waals surface area contributed by atoms with Crippen LogP contribution in [0.25, 0.3) is 11.2 Å². The average Bonchev–Trinajstić information content (AvgIpc) is 2.52. The van der Waals surface area contributed by atoms with E-state index in [0.717, 1.165) is 9.09 Å². The monoisotopic (exact) mass is 437 g/mol. The number of fused-ring (bicyclic) bond motifs is 1. The van der Waals surface area contributed by atoms with Gasteiger partial charge in [-0.1, -0.05) is 0 Å². The molecule has 0 bridgehead atoms. The fraction of sp³-hybridized carbons (Fsp3) is 0.417. The van der Waals surface area contributed by atoms with Gasteiger partial charge >= 0.3 is 5.97 Å². The number of aromatic nitrogens is 3. The number of carbonyl (C=O) groups is 1. The van der Waals surface area contributed by atoms with Gasteiger partial charge in [0, 0.05) is 6.20 Å². The Balaban J connectivity index is 2.29. The molecule has 0 aliphatic carbocycles. The third kappa shape index (κ3) is 3.65. The molecule has 0 unspecified atom stereocenters. The normalized spacial score (nSPS) is 11.8. The third-order valence-electron chi connectivity index (χ3n) is 2.21. The van der Waals surface area contributed by atoms with Crippen molar-refractivity contribution in [2.24, 2.45) is 0 Å². The van der Waals surface area contributed by atoms with Gasteiger partial charge in [-0.05, 0) is 59.3 Å². The van der Waals surface area contributed by atoms with Crippen molar-refractivity contribution >= 4 is 55.7 Å². The standard InChI is InChI=1S/C12H13BrIN3O2/c1-12(2,3)19-9(18)6-17-5-7(14)10-11(17)15-4-8(13)16-10/h4-5H,6H2,1-3H3. The molecule has 0 N–H and O–H groups in total. The molecule has 102 valence electrons. The number of esters is 1. The molecule has 0 amide bonds. The Morgan fingerprint density at radius 2 is 2.21 bits per heavy atom. The van der Waals surface area contributed by atoms with Crippen LogP contribution in [0.2, 0.25) is 0 Å². The quantitative estimate of drug-likeness (QED) is 0.535. The predicted octanol–water partition coefficient (Wildman–Crippen LogP) is 3.14. The minimum atomic E-state index is -0.484. The van der Waals surface area contributed by atoms with Crippen LogP contribution in [0.5, 0.6) is 0 Å². The molecule has 2 rings (SSSR count). The Morgan fingerprint density at radius 3 is 2.84 bits per heavy atom. The number of nitrogens with zero attached hydrogens (tertiary/aromatic N) is 3. The van der Waals surface area contributed by atoms with Crippen LogP contribution in [0.1, 0.15) is 20.8 Å². The van der Waals surface area contributed by atoms with Gasteiger partial charge in [0.2, 0.25) is 0 Å². The van der Waals surface area contributed by atoms with Crippen LogP contribution in [0, 0.1) is 3.57 Å². The number of rotatable bonds is 2. The van der Waals surface area contributed by atoms with Gasteiger partial charge in [-0.2, -0.15) is 0 Å². The lowest BCUT2D eigenvalue weighted by atomic mass is 10.2. The van der Waals surface area contributed by atoms with Gasteiger partial charge in [-0.15, -0.1) is 0 Å². The minimum Gasteiger partial charge on any atom is -0.459 e. The number of halogens is 2. The van der Waals surface area contributed by atoms with Crippen LogP contribution >= 0.6 is 38.5 Å². The van der Waals surface area contributed by atoms with Gasteiger partial charge in [-0.25, -0.2) is 9.97 Å². The van der Waals surface area contributed by atoms with Crippen molar-refractivity contribution in [3.63, 3.8) is 0 Å². The molecule has 0 aromatic carbocycles. The first-order valence-electron chi connectivity index (χ1n) is 5.65. The fourth-order valence-corrected chi connectivity index (χ4v) is 2.60. The fourth-order valence-electron chi connectivity index (χ4n) is 1.62. The molecule has 0 fully saturated rings. The van der Waals surface area contributed by atoms with Gasteiger partial charge in [0.15, 0.2) is 5.65 Å². The smallest absolute Gasteiger partial charge is 0.326 e. The maximum Gasteiger partial charge on any atom is 0.326 e. The Hall–Kier alpha value is -0.700. The molecule has 0 radical (unpaired) electrons. The Bertz CT molecular complexity index is 634. The molecule has 19 heavy (non-hydrogen) atoms. The second kappa shape index (κ2) is 5.35. The summed E-state index contributed by atoms with van der Waals surface area (Å²) in [5.41, 5.74) is 0.971. The lowest BCUT2D eigenvalue weighted by molar-refractivity contribution is -0.155. The Labute approximate surface area is 133 Å². The topological polar surface area (TPSA) is 57.0 Å². The van der Waals surface area contributed by atoms with E-state index >= 15 is 0 Å². The maximum atomic E-state index is 11.8. The minimum absolute atomic E-state index is 0.132. The summed E-state index contributed by atoms with van der Waals surface area (Å²) in [6.07, 6.45) is 3.46. The highest BCUT2D eigenvalue weighted by Crippen LogP contribution is 2.21. The van der Waals surface area contributed by atoms with Crippen molar-refractivity contribution in [1.82, 2.24) is 14.5 Å². The number of hydrogen-bond donors (Lipinski definition) is 0. The van der Waals surface area contributed by atoms with Crippen molar-refractivity contribution < 1.29 is 9.53 Å². The molecular formula is C12H13BrIN3O2. The van der Waals surface area contributed by atoms with Crippen LogP contribution in [-0.2, 0) is 16.1 Å². The average molecular weight is 438 g/mol. The molecule has 0 saturated heterocycles. The number of carbonyl (C=O) groups excluding carboxylic acids is 1. The zero-order valence-electron chi connectivity index (χ0n) is 10.8. The molecule has 2 heterocycles. The molecule has 5 nitrogen and oxygen atoms in total. The number of ether oxygens (including phenoxy) is 1. The van der Waals surface area contributed by atoms with E-state index in [1.165, 1.54) is 0 Å². The largest absolute Gasteiger partial charge is 0.459 e. The highest BCUT2D eigenvalue weighted by atomic mass is 127. The van der Waals surface area contributed by atoms with Crippen LogP contribution in [0.3, 0.4) is 0 Å². The molecular weight excluding hydrogens is 425 g/mol. The summed E-state index contributed by atoms with van der Waals surface area (Å²) in [5, 5.41) is 0. The van der Waals surface area contributed by atoms with Gasteiger partial charge < -0.3 is 9.30 Å². The van der Waals surface area contributed by atoms with E-state index in [-0.39, 0.29) is 12.5 Å². The molecule has 2 aromatic rings. The summed E-state index contributed by atoms with van der Waals surface area (Å²) >= 11 is 5.46. The SMILES string of the molecule is CC(C)(C)OC(=O)Cn1cc(I)c2nc(Br)cnc21. The highest BCUT2D eigenvalue weighted by Gasteiger charge is 2.18. The molecule has 0 aliphatic heterocycles. The van der Waals surface area contributed by atoms with Crippen molar-refractivity contribution in [3.8, 4) is 0 Å². The van der Waals surface area contributed by atoms with Crippen molar-refractivity contribution in [1.29, 1.82) is 0 Å². The first-order chi connectivity index (χ1) is 8.76.